The Bertz CT molecular complexity index is 638. The molecule has 1 aliphatic rings. The van der Waals surface area contributed by atoms with Crippen molar-refractivity contribution in [1.29, 1.82) is 0 Å². The average Bonchev–Trinajstić information content (AvgIpc) is 2.72. The summed E-state index contributed by atoms with van der Waals surface area (Å²) in [6, 6.07) is 4.64. The van der Waals surface area contributed by atoms with E-state index in [1.807, 2.05) is 20.8 Å². The van der Waals surface area contributed by atoms with Crippen LogP contribution in [0.4, 0.5) is 4.39 Å². The standard InChI is InChI=1S/C12H8BrClFN3/c13-17-4-3-12-16-6-11(18(12)7-17)9-2-1-8(14)5-10(9)15/h1-6H,7H2. The van der Waals surface area contributed by atoms with Crippen LogP contribution >= 0.6 is 27.7 Å². The molecule has 0 bridgehead atoms. The normalized spacial score (nSPS) is 13.8. The fourth-order valence-corrected chi connectivity index (χ4v) is 2.41. The predicted octanol–water partition coefficient (Wildman–Crippen LogP) is 3.90. The zero-order valence-corrected chi connectivity index (χ0v) is 11.5. The van der Waals surface area contributed by atoms with Gasteiger partial charge in [-0.05, 0) is 24.3 Å². The molecular formula is C12H8BrClFN3. The summed E-state index contributed by atoms with van der Waals surface area (Å²) < 4.78 is 17.6. The van der Waals surface area contributed by atoms with E-state index < -0.39 is 0 Å². The van der Waals surface area contributed by atoms with Crippen molar-refractivity contribution in [2.24, 2.45) is 0 Å². The molecule has 0 atom stereocenters. The molecule has 1 aromatic carbocycles. The Kier molecular flexibility index (Phi) is 2.87. The van der Waals surface area contributed by atoms with Gasteiger partial charge in [-0.2, -0.15) is 0 Å². The molecule has 0 fully saturated rings. The van der Waals surface area contributed by atoms with E-state index in [1.165, 1.54) is 6.07 Å². The number of halogens is 3. The minimum Gasteiger partial charge on any atom is -0.305 e. The Morgan fingerprint density at radius 1 is 1.39 bits per heavy atom. The molecule has 2 aromatic rings. The first-order valence-corrected chi connectivity index (χ1v) is 6.35. The highest BCUT2D eigenvalue weighted by molar-refractivity contribution is 9.07. The summed E-state index contributed by atoms with van der Waals surface area (Å²) in [4.78, 5) is 4.26. The third-order valence-corrected chi connectivity index (χ3v) is 3.45. The number of rotatable bonds is 1. The van der Waals surface area contributed by atoms with Gasteiger partial charge >= 0.3 is 0 Å². The smallest absolute Gasteiger partial charge is 0.136 e. The minimum atomic E-state index is -0.346. The number of aromatic nitrogens is 2. The van der Waals surface area contributed by atoms with Crippen molar-refractivity contribution >= 4 is 33.8 Å². The summed E-state index contributed by atoms with van der Waals surface area (Å²) in [5.74, 6) is 0.455. The third kappa shape index (κ3) is 1.93. The molecule has 92 valence electrons. The predicted molar refractivity (Wildman–Crippen MR) is 72.4 cm³/mol. The van der Waals surface area contributed by atoms with Crippen LogP contribution in [0.5, 0.6) is 0 Å². The van der Waals surface area contributed by atoms with Gasteiger partial charge in [-0.1, -0.05) is 11.6 Å². The molecule has 0 radical (unpaired) electrons. The molecule has 0 saturated carbocycles. The Labute approximate surface area is 117 Å². The SMILES string of the molecule is Fc1cc(Cl)ccc1-c1cnc2n1CN(Br)C=C2. The van der Waals surface area contributed by atoms with E-state index in [1.54, 1.807) is 18.3 Å². The van der Waals surface area contributed by atoms with Gasteiger partial charge in [0.2, 0.25) is 0 Å². The molecule has 3 rings (SSSR count). The van der Waals surface area contributed by atoms with Crippen LogP contribution in [-0.4, -0.2) is 13.5 Å². The van der Waals surface area contributed by atoms with Crippen LogP contribution in [0.25, 0.3) is 17.3 Å². The van der Waals surface area contributed by atoms with Crippen molar-refractivity contribution in [3.63, 3.8) is 0 Å². The van der Waals surface area contributed by atoms with E-state index in [0.717, 1.165) is 11.5 Å². The first-order valence-electron chi connectivity index (χ1n) is 5.27. The van der Waals surface area contributed by atoms with Crippen LogP contribution in [0.15, 0.2) is 30.6 Å². The summed E-state index contributed by atoms with van der Waals surface area (Å²) in [5, 5.41) is 0.386. The topological polar surface area (TPSA) is 21.1 Å². The van der Waals surface area contributed by atoms with Gasteiger partial charge in [-0.3, -0.25) is 3.93 Å². The average molecular weight is 329 g/mol. The van der Waals surface area contributed by atoms with Crippen molar-refractivity contribution in [2.75, 3.05) is 0 Å². The lowest BCUT2D eigenvalue weighted by Gasteiger charge is -2.20. The second kappa shape index (κ2) is 4.40. The molecule has 1 aliphatic heterocycles. The lowest BCUT2D eigenvalue weighted by Crippen LogP contribution is -2.16. The molecule has 0 unspecified atom stereocenters. The van der Waals surface area contributed by atoms with Crippen LogP contribution in [-0.2, 0) is 6.67 Å². The van der Waals surface area contributed by atoms with E-state index in [2.05, 4.69) is 21.1 Å². The van der Waals surface area contributed by atoms with Gasteiger partial charge in [0.05, 0.1) is 28.0 Å². The molecular weight excluding hydrogens is 321 g/mol. The number of imidazole rings is 1. The van der Waals surface area contributed by atoms with Gasteiger partial charge in [0, 0.05) is 16.8 Å². The summed E-state index contributed by atoms with van der Waals surface area (Å²) in [7, 11) is 0. The maximum atomic E-state index is 13.9. The summed E-state index contributed by atoms with van der Waals surface area (Å²) in [6.45, 7) is 0.573. The van der Waals surface area contributed by atoms with E-state index in [-0.39, 0.29) is 5.82 Å². The molecule has 1 aromatic heterocycles. The van der Waals surface area contributed by atoms with Crippen LogP contribution in [0, 0.1) is 5.82 Å². The van der Waals surface area contributed by atoms with E-state index in [9.17, 15) is 4.39 Å². The van der Waals surface area contributed by atoms with Gasteiger partial charge in [0.25, 0.3) is 0 Å². The molecule has 6 heteroatoms. The molecule has 0 saturated heterocycles. The highest BCUT2D eigenvalue weighted by atomic mass is 79.9. The quantitative estimate of drug-likeness (QED) is 0.740. The second-order valence-corrected chi connectivity index (χ2v) is 5.26. The fourth-order valence-electron chi connectivity index (χ4n) is 1.91. The molecule has 3 nitrogen and oxygen atoms in total. The maximum absolute atomic E-state index is 13.9. The van der Waals surface area contributed by atoms with E-state index in [0.29, 0.717) is 17.3 Å². The van der Waals surface area contributed by atoms with Crippen molar-refractivity contribution in [3.05, 3.63) is 47.3 Å². The lowest BCUT2D eigenvalue weighted by atomic mass is 10.1. The summed E-state index contributed by atoms with van der Waals surface area (Å²) >= 11 is 9.12. The van der Waals surface area contributed by atoms with Gasteiger partial charge in [0.1, 0.15) is 18.3 Å². The molecule has 0 spiro atoms. The Balaban J connectivity index is 2.13. The number of hydrogen-bond donors (Lipinski definition) is 0. The number of hydrogen-bond acceptors (Lipinski definition) is 2. The van der Waals surface area contributed by atoms with Crippen molar-refractivity contribution in [3.8, 4) is 11.3 Å². The van der Waals surface area contributed by atoms with Crippen molar-refractivity contribution in [2.45, 2.75) is 6.67 Å². The van der Waals surface area contributed by atoms with Crippen LogP contribution in [0.3, 0.4) is 0 Å². The molecule has 0 aliphatic carbocycles. The van der Waals surface area contributed by atoms with Crippen molar-refractivity contribution in [1.82, 2.24) is 13.5 Å². The van der Waals surface area contributed by atoms with Gasteiger partial charge in [-0.25, -0.2) is 9.37 Å². The second-order valence-electron chi connectivity index (χ2n) is 3.91. The van der Waals surface area contributed by atoms with Crippen LogP contribution in [0.2, 0.25) is 5.02 Å². The third-order valence-electron chi connectivity index (χ3n) is 2.76. The zero-order valence-electron chi connectivity index (χ0n) is 9.15. The summed E-state index contributed by atoms with van der Waals surface area (Å²) in [5.41, 5.74) is 1.22. The molecule has 2 heterocycles. The number of nitrogens with zero attached hydrogens (tertiary/aromatic N) is 3. The van der Waals surface area contributed by atoms with E-state index >= 15 is 0 Å². The fraction of sp³-hybridized carbons (Fsp3) is 0.0833. The monoisotopic (exact) mass is 327 g/mol. The summed E-state index contributed by atoms with van der Waals surface area (Å²) in [6.07, 6.45) is 5.39. The minimum absolute atomic E-state index is 0.346. The Morgan fingerprint density at radius 2 is 2.22 bits per heavy atom. The van der Waals surface area contributed by atoms with Gasteiger partial charge in [0.15, 0.2) is 0 Å². The zero-order chi connectivity index (χ0) is 12.7. The van der Waals surface area contributed by atoms with Crippen LogP contribution < -0.4 is 0 Å². The number of benzene rings is 1. The van der Waals surface area contributed by atoms with E-state index in [4.69, 9.17) is 11.6 Å². The van der Waals surface area contributed by atoms with Gasteiger partial charge < -0.3 is 4.57 Å². The Morgan fingerprint density at radius 3 is 3.00 bits per heavy atom. The molecule has 18 heavy (non-hydrogen) atoms. The Hall–Kier alpha value is -1.33. The highest BCUT2D eigenvalue weighted by Gasteiger charge is 2.17. The van der Waals surface area contributed by atoms with Crippen LogP contribution in [0.1, 0.15) is 5.82 Å². The van der Waals surface area contributed by atoms with Gasteiger partial charge in [-0.15, -0.1) is 0 Å². The molecule has 0 amide bonds. The largest absolute Gasteiger partial charge is 0.305 e. The highest BCUT2D eigenvalue weighted by Crippen LogP contribution is 2.28. The first kappa shape index (κ1) is 11.7. The van der Waals surface area contributed by atoms with Crippen molar-refractivity contribution < 1.29 is 4.39 Å². The maximum Gasteiger partial charge on any atom is 0.136 e. The molecule has 0 N–H and O–H groups in total. The number of fused-ring (bicyclic) bond motifs is 1. The first-order chi connectivity index (χ1) is 8.65. The lowest BCUT2D eigenvalue weighted by molar-refractivity contribution is 0.489.